The SMILES string of the molecule is CC(O)c1nc2cccc(Cl)c2nc1-c1cc(F)ccc1Cl.O=Cc1nc2cccc(Cl)c2nc1-c1cc(F)ccc1Cl. The molecule has 0 spiro atoms. The Morgan fingerprint density at radius 3 is 1.67 bits per heavy atom. The molecule has 4 aromatic carbocycles. The average Bonchev–Trinajstić information content (AvgIpc) is 2.99. The Morgan fingerprint density at radius 1 is 0.674 bits per heavy atom. The lowest BCUT2D eigenvalue weighted by atomic mass is 10.1. The monoisotopic (exact) mass is 656 g/mol. The van der Waals surface area contributed by atoms with Gasteiger partial charge in [0.05, 0.1) is 48.6 Å². The van der Waals surface area contributed by atoms with Crippen molar-refractivity contribution in [3.05, 3.63) is 116 Å². The zero-order valence-electron chi connectivity index (χ0n) is 22.0. The molecule has 2 heterocycles. The average molecular weight is 658 g/mol. The number of nitrogens with zero attached hydrogens (tertiary/aromatic N) is 4. The Morgan fingerprint density at radius 2 is 1.16 bits per heavy atom. The van der Waals surface area contributed by atoms with Gasteiger partial charge in [-0.05, 0) is 67.6 Å². The van der Waals surface area contributed by atoms with Crippen LogP contribution in [0.4, 0.5) is 8.78 Å². The van der Waals surface area contributed by atoms with Gasteiger partial charge in [-0.1, -0.05) is 58.5 Å². The summed E-state index contributed by atoms with van der Waals surface area (Å²) in [6, 6.07) is 18.1. The number of benzene rings is 4. The van der Waals surface area contributed by atoms with Crippen molar-refractivity contribution >= 4 is 74.8 Å². The number of carbonyl (C=O) groups excluding carboxylic acids is 1. The number of aromatic nitrogens is 4. The molecule has 216 valence electrons. The maximum Gasteiger partial charge on any atom is 0.170 e. The van der Waals surface area contributed by atoms with Gasteiger partial charge in [-0.3, -0.25) is 4.79 Å². The maximum absolute atomic E-state index is 13.6. The van der Waals surface area contributed by atoms with Gasteiger partial charge in [0.1, 0.15) is 34.1 Å². The molecule has 1 N–H and O–H groups in total. The molecular weight excluding hydrogens is 640 g/mol. The third kappa shape index (κ3) is 6.44. The molecule has 1 unspecified atom stereocenters. The molecule has 0 aliphatic rings. The number of fused-ring (bicyclic) bond motifs is 2. The highest BCUT2D eigenvalue weighted by molar-refractivity contribution is 6.36. The van der Waals surface area contributed by atoms with Crippen LogP contribution in [0.2, 0.25) is 20.1 Å². The lowest BCUT2D eigenvalue weighted by Gasteiger charge is -2.13. The van der Waals surface area contributed by atoms with Crippen molar-refractivity contribution in [3.8, 4) is 22.5 Å². The summed E-state index contributed by atoms with van der Waals surface area (Å²) >= 11 is 24.4. The first-order valence-corrected chi connectivity index (χ1v) is 14.0. The molecule has 1 atom stereocenters. The van der Waals surface area contributed by atoms with Crippen molar-refractivity contribution in [2.45, 2.75) is 13.0 Å². The first-order valence-electron chi connectivity index (χ1n) is 12.5. The van der Waals surface area contributed by atoms with Gasteiger partial charge < -0.3 is 5.11 Å². The standard InChI is InChI=1S/C16H11Cl2FN2O.C15H7Cl2FN2O/c1-8(22)14-15(10-7-9(19)5-6-11(10)17)21-16-12(18)3-2-4-13(16)20-14;16-10-5-4-8(18)6-9(10)14-13(7-21)19-12-3-1-2-11(17)15(12)20-14/h2-8,22H,1H3;1-7H. The Balaban J connectivity index is 0.000000171. The van der Waals surface area contributed by atoms with E-state index in [4.69, 9.17) is 46.4 Å². The molecular formula is C31H18Cl4F2N4O2. The van der Waals surface area contributed by atoms with Crippen LogP contribution in [-0.4, -0.2) is 31.3 Å². The van der Waals surface area contributed by atoms with Crippen LogP contribution >= 0.6 is 46.4 Å². The number of rotatable bonds is 4. The molecule has 2 aromatic heterocycles. The normalized spacial score (nSPS) is 11.7. The van der Waals surface area contributed by atoms with Crippen LogP contribution in [0.15, 0.2) is 72.8 Å². The molecule has 0 bridgehead atoms. The number of hydrogen-bond donors (Lipinski definition) is 1. The summed E-state index contributed by atoms with van der Waals surface area (Å²) in [4.78, 5) is 28.7. The highest BCUT2D eigenvalue weighted by Crippen LogP contribution is 2.35. The number of aldehydes is 1. The van der Waals surface area contributed by atoms with Crippen molar-refractivity contribution in [2.75, 3.05) is 0 Å². The van der Waals surface area contributed by atoms with E-state index in [0.29, 0.717) is 65.9 Å². The predicted molar refractivity (Wildman–Crippen MR) is 166 cm³/mol. The first kappa shape index (κ1) is 30.7. The van der Waals surface area contributed by atoms with Crippen LogP contribution in [0, 0.1) is 11.6 Å². The topological polar surface area (TPSA) is 88.9 Å². The van der Waals surface area contributed by atoms with Gasteiger partial charge in [0, 0.05) is 11.1 Å². The Labute approximate surface area is 263 Å². The summed E-state index contributed by atoms with van der Waals surface area (Å²) < 4.78 is 27.0. The fraction of sp³-hybridized carbons (Fsp3) is 0.0645. The van der Waals surface area contributed by atoms with Gasteiger partial charge in [0.15, 0.2) is 6.29 Å². The van der Waals surface area contributed by atoms with Crippen molar-refractivity contribution < 1.29 is 18.7 Å². The minimum atomic E-state index is -0.884. The van der Waals surface area contributed by atoms with Gasteiger partial charge in [-0.25, -0.2) is 28.7 Å². The number of aliphatic hydroxyl groups excluding tert-OH is 1. The summed E-state index contributed by atoms with van der Waals surface area (Å²) in [7, 11) is 0. The van der Waals surface area contributed by atoms with Gasteiger partial charge in [-0.15, -0.1) is 0 Å². The van der Waals surface area contributed by atoms with Gasteiger partial charge in [-0.2, -0.15) is 0 Å². The molecule has 0 fully saturated rings. The third-order valence-electron chi connectivity index (χ3n) is 6.22. The maximum atomic E-state index is 13.6. The lowest BCUT2D eigenvalue weighted by Crippen LogP contribution is -2.03. The molecule has 0 amide bonds. The van der Waals surface area contributed by atoms with Crippen molar-refractivity contribution in [3.63, 3.8) is 0 Å². The number of para-hydroxylation sites is 2. The van der Waals surface area contributed by atoms with E-state index in [2.05, 4.69) is 19.9 Å². The molecule has 12 heteroatoms. The fourth-order valence-corrected chi connectivity index (χ4v) is 5.08. The van der Waals surface area contributed by atoms with Crippen molar-refractivity contribution in [1.82, 2.24) is 19.9 Å². The molecule has 0 saturated heterocycles. The summed E-state index contributed by atoms with van der Waals surface area (Å²) in [5.41, 5.74) is 3.54. The minimum Gasteiger partial charge on any atom is -0.387 e. The van der Waals surface area contributed by atoms with Crippen LogP contribution in [0.3, 0.4) is 0 Å². The first-order chi connectivity index (χ1) is 20.6. The highest BCUT2D eigenvalue weighted by Gasteiger charge is 2.19. The van der Waals surface area contributed by atoms with Gasteiger partial charge in [0.2, 0.25) is 0 Å². The van der Waals surface area contributed by atoms with E-state index in [1.165, 1.54) is 36.4 Å². The largest absolute Gasteiger partial charge is 0.387 e. The van der Waals surface area contributed by atoms with Gasteiger partial charge >= 0.3 is 0 Å². The predicted octanol–water partition coefficient (Wildman–Crippen LogP) is 9.35. The van der Waals surface area contributed by atoms with Crippen LogP contribution in [0.1, 0.15) is 29.2 Å². The lowest BCUT2D eigenvalue weighted by molar-refractivity contribution is 0.111. The van der Waals surface area contributed by atoms with E-state index >= 15 is 0 Å². The third-order valence-corrected chi connectivity index (χ3v) is 7.49. The van der Waals surface area contributed by atoms with E-state index < -0.39 is 17.7 Å². The summed E-state index contributed by atoms with van der Waals surface area (Å²) in [5, 5.41) is 11.4. The Bertz CT molecular complexity index is 2030. The van der Waals surface area contributed by atoms with E-state index in [9.17, 15) is 18.7 Å². The van der Waals surface area contributed by atoms with Gasteiger partial charge in [0.25, 0.3) is 0 Å². The van der Waals surface area contributed by atoms with Crippen molar-refractivity contribution in [1.29, 1.82) is 0 Å². The molecule has 6 aromatic rings. The fourth-order valence-electron chi connectivity index (χ4n) is 4.24. The number of aliphatic hydroxyl groups is 1. The second kappa shape index (κ2) is 12.8. The zero-order valence-corrected chi connectivity index (χ0v) is 25.0. The Hall–Kier alpha value is -3.79. The summed E-state index contributed by atoms with van der Waals surface area (Å²) in [6.07, 6.45) is -0.325. The second-order valence-corrected chi connectivity index (χ2v) is 10.8. The summed E-state index contributed by atoms with van der Waals surface area (Å²) in [5.74, 6) is -0.927. The smallest absolute Gasteiger partial charge is 0.170 e. The van der Waals surface area contributed by atoms with Crippen LogP contribution in [-0.2, 0) is 0 Å². The zero-order chi connectivity index (χ0) is 30.8. The van der Waals surface area contributed by atoms with E-state index in [1.807, 2.05) is 0 Å². The molecule has 0 radical (unpaired) electrons. The van der Waals surface area contributed by atoms with E-state index in [1.54, 1.807) is 43.3 Å². The van der Waals surface area contributed by atoms with E-state index in [-0.39, 0.29) is 16.4 Å². The van der Waals surface area contributed by atoms with Crippen LogP contribution < -0.4 is 0 Å². The number of carbonyl (C=O) groups is 1. The summed E-state index contributed by atoms with van der Waals surface area (Å²) in [6.45, 7) is 1.57. The second-order valence-electron chi connectivity index (χ2n) is 9.17. The molecule has 0 saturated carbocycles. The molecule has 6 rings (SSSR count). The molecule has 0 aliphatic heterocycles. The van der Waals surface area contributed by atoms with E-state index in [0.717, 1.165) is 0 Å². The molecule has 6 nitrogen and oxygen atoms in total. The minimum absolute atomic E-state index is 0.0808. The molecule has 43 heavy (non-hydrogen) atoms. The van der Waals surface area contributed by atoms with Crippen LogP contribution in [0.25, 0.3) is 44.6 Å². The number of hydrogen-bond acceptors (Lipinski definition) is 6. The number of halogens is 6. The highest BCUT2D eigenvalue weighted by atomic mass is 35.5. The molecule has 0 aliphatic carbocycles. The Kier molecular flexibility index (Phi) is 9.15. The van der Waals surface area contributed by atoms with Crippen LogP contribution in [0.5, 0.6) is 0 Å². The van der Waals surface area contributed by atoms with Crippen molar-refractivity contribution in [2.24, 2.45) is 0 Å². The quantitative estimate of drug-likeness (QED) is 0.190.